The zero-order valence-electron chi connectivity index (χ0n) is 14.5. The summed E-state index contributed by atoms with van der Waals surface area (Å²) >= 11 is 5.71. The first-order valence-electron chi connectivity index (χ1n) is 8.41. The van der Waals surface area contributed by atoms with Gasteiger partial charge >= 0.3 is 0 Å². The van der Waals surface area contributed by atoms with Crippen LogP contribution in [0, 0.1) is 17.0 Å². The Balaban J connectivity index is 1.78. The number of benzene rings is 2. The summed E-state index contributed by atoms with van der Waals surface area (Å²) in [5.74, 6) is 0.0480. The van der Waals surface area contributed by atoms with E-state index >= 15 is 0 Å². The monoisotopic (exact) mass is 403 g/mol. The highest BCUT2D eigenvalue weighted by atomic mass is 32.2. The third-order valence-electron chi connectivity index (χ3n) is 4.99. The minimum absolute atomic E-state index is 0.0110. The Hall–Kier alpha value is -2.52. The minimum Gasteiger partial charge on any atom is -0.312 e. The summed E-state index contributed by atoms with van der Waals surface area (Å²) in [5.41, 5.74) is 2.56. The summed E-state index contributed by atoms with van der Waals surface area (Å²) in [5, 5.41) is 11.4. The van der Waals surface area contributed by atoms with E-state index in [9.17, 15) is 18.5 Å². The zero-order chi connectivity index (χ0) is 19.3. The molecule has 0 aliphatic carbocycles. The molecule has 2 aliphatic heterocycles. The number of aryl methyl sites for hydroxylation is 1. The van der Waals surface area contributed by atoms with Gasteiger partial charge < -0.3 is 9.80 Å². The summed E-state index contributed by atoms with van der Waals surface area (Å²) in [6.45, 7) is 1.97. The fraction of sp³-hybridized carbons (Fsp3) is 0.278. The highest BCUT2D eigenvalue weighted by Crippen LogP contribution is 2.38. The van der Waals surface area contributed by atoms with Crippen molar-refractivity contribution >= 4 is 44.2 Å². The molecule has 0 N–H and O–H groups in total. The Kier molecular flexibility index (Phi) is 4.15. The maximum absolute atomic E-state index is 12.3. The second kappa shape index (κ2) is 6.28. The molecule has 27 heavy (non-hydrogen) atoms. The third-order valence-corrected chi connectivity index (χ3v) is 7.08. The van der Waals surface area contributed by atoms with Gasteiger partial charge in [-0.3, -0.25) is 10.1 Å². The van der Waals surface area contributed by atoms with Gasteiger partial charge in [0, 0.05) is 23.5 Å². The Morgan fingerprint density at radius 1 is 1.04 bits per heavy atom. The predicted octanol–water partition coefficient (Wildman–Crippen LogP) is 2.68. The average Bonchev–Trinajstić information content (AvgIpc) is 3.03. The molecule has 2 heterocycles. The molecule has 7 nitrogen and oxygen atoms in total. The van der Waals surface area contributed by atoms with Crippen LogP contribution in [-0.2, 0) is 9.84 Å². The summed E-state index contributed by atoms with van der Waals surface area (Å²) in [6.07, 6.45) is 0. The number of thiocarbonyl (C=S) groups is 1. The maximum Gasteiger partial charge on any atom is 0.269 e. The summed E-state index contributed by atoms with van der Waals surface area (Å²) < 4.78 is 24.7. The second-order valence-corrected chi connectivity index (χ2v) is 9.37. The van der Waals surface area contributed by atoms with E-state index in [0.717, 1.165) is 11.3 Å². The second-order valence-electron chi connectivity index (χ2n) is 6.85. The smallest absolute Gasteiger partial charge is 0.269 e. The fourth-order valence-corrected chi connectivity index (χ4v) is 6.22. The highest BCUT2D eigenvalue weighted by molar-refractivity contribution is 7.91. The zero-order valence-corrected chi connectivity index (χ0v) is 16.1. The number of anilines is 2. The van der Waals surface area contributed by atoms with Crippen molar-refractivity contribution in [3.8, 4) is 0 Å². The third kappa shape index (κ3) is 3.06. The van der Waals surface area contributed by atoms with Crippen LogP contribution in [0.15, 0.2) is 48.5 Å². The first-order valence-corrected chi connectivity index (χ1v) is 10.6. The number of nitro benzene ring substituents is 1. The van der Waals surface area contributed by atoms with Crippen molar-refractivity contribution in [2.24, 2.45) is 0 Å². The van der Waals surface area contributed by atoms with Gasteiger partial charge in [-0.15, -0.1) is 0 Å². The van der Waals surface area contributed by atoms with E-state index in [1.54, 1.807) is 12.1 Å². The van der Waals surface area contributed by atoms with Gasteiger partial charge in [-0.25, -0.2) is 8.42 Å². The molecule has 0 bridgehead atoms. The molecule has 0 aromatic heterocycles. The molecule has 140 valence electrons. The van der Waals surface area contributed by atoms with Gasteiger partial charge in [0.1, 0.15) is 0 Å². The summed E-state index contributed by atoms with van der Waals surface area (Å²) in [7, 11) is -3.19. The van der Waals surface area contributed by atoms with E-state index in [-0.39, 0.29) is 29.3 Å². The van der Waals surface area contributed by atoms with E-state index < -0.39 is 14.8 Å². The van der Waals surface area contributed by atoms with Crippen LogP contribution in [-0.4, -0.2) is 42.0 Å². The quantitative estimate of drug-likeness (QED) is 0.443. The van der Waals surface area contributed by atoms with E-state index in [0.29, 0.717) is 10.8 Å². The van der Waals surface area contributed by atoms with Crippen LogP contribution >= 0.6 is 12.2 Å². The number of hydrogen-bond donors (Lipinski definition) is 0. The van der Waals surface area contributed by atoms with E-state index in [1.807, 2.05) is 41.0 Å². The van der Waals surface area contributed by atoms with Crippen LogP contribution in [0.5, 0.6) is 0 Å². The number of hydrogen-bond acceptors (Lipinski definition) is 5. The molecule has 9 heteroatoms. The number of nitrogens with zero attached hydrogens (tertiary/aromatic N) is 3. The molecule has 2 saturated heterocycles. The molecular weight excluding hydrogens is 386 g/mol. The maximum atomic E-state index is 12.3. The Morgan fingerprint density at radius 2 is 1.63 bits per heavy atom. The van der Waals surface area contributed by atoms with Crippen molar-refractivity contribution in [1.82, 2.24) is 0 Å². The number of non-ortho nitro benzene ring substituents is 1. The number of rotatable bonds is 3. The number of fused-ring (bicyclic) bond motifs is 1. The van der Waals surface area contributed by atoms with Crippen LogP contribution in [0.4, 0.5) is 17.1 Å². The van der Waals surface area contributed by atoms with Crippen molar-refractivity contribution in [3.63, 3.8) is 0 Å². The standard InChI is InChI=1S/C18H17N3O4S2/c1-12-3-2-4-15(9-12)20-17-11-27(24,25)10-16(17)19(18(20)26)13-5-7-14(8-6-13)21(22)23/h2-9,16-17H,10-11H2,1H3/t16-,17+/m1/s1. The van der Waals surface area contributed by atoms with E-state index in [2.05, 4.69) is 0 Å². The summed E-state index contributed by atoms with van der Waals surface area (Å²) in [6, 6.07) is 13.2. The van der Waals surface area contributed by atoms with Crippen molar-refractivity contribution < 1.29 is 13.3 Å². The van der Waals surface area contributed by atoms with Gasteiger partial charge in [0.15, 0.2) is 14.9 Å². The molecule has 2 aliphatic rings. The van der Waals surface area contributed by atoms with Crippen LogP contribution in [0.1, 0.15) is 5.56 Å². The number of sulfone groups is 1. The van der Waals surface area contributed by atoms with Gasteiger partial charge in [0.05, 0.1) is 28.5 Å². The molecule has 0 amide bonds. The molecule has 0 radical (unpaired) electrons. The summed E-state index contributed by atoms with van der Waals surface area (Å²) in [4.78, 5) is 14.2. The number of nitro groups is 1. The largest absolute Gasteiger partial charge is 0.312 e. The Bertz CT molecular complexity index is 1040. The molecule has 2 fully saturated rings. The first-order chi connectivity index (χ1) is 12.8. The molecule has 2 atom stereocenters. The fourth-order valence-electron chi connectivity index (χ4n) is 3.82. The van der Waals surface area contributed by atoms with E-state index in [4.69, 9.17) is 12.2 Å². The Labute approximate surface area is 162 Å². The Morgan fingerprint density at radius 3 is 2.19 bits per heavy atom. The predicted molar refractivity (Wildman–Crippen MR) is 108 cm³/mol. The van der Waals surface area contributed by atoms with Crippen molar-refractivity contribution in [2.75, 3.05) is 21.3 Å². The lowest BCUT2D eigenvalue weighted by molar-refractivity contribution is -0.384. The molecule has 2 aromatic rings. The molecule has 0 unspecified atom stereocenters. The van der Waals surface area contributed by atoms with E-state index in [1.165, 1.54) is 12.1 Å². The molecular formula is C18H17N3O4S2. The topological polar surface area (TPSA) is 83.8 Å². The lowest BCUT2D eigenvalue weighted by Crippen LogP contribution is -2.37. The van der Waals surface area contributed by atoms with Gasteiger partial charge in [0.2, 0.25) is 0 Å². The van der Waals surface area contributed by atoms with Gasteiger partial charge in [-0.2, -0.15) is 0 Å². The van der Waals surface area contributed by atoms with Crippen LogP contribution in [0.3, 0.4) is 0 Å². The molecule has 4 rings (SSSR count). The van der Waals surface area contributed by atoms with Gasteiger partial charge in [-0.1, -0.05) is 12.1 Å². The van der Waals surface area contributed by atoms with Crippen LogP contribution in [0.2, 0.25) is 0 Å². The van der Waals surface area contributed by atoms with Crippen molar-refractivity contribution in [3.05, 3.63) is 64.2 Å². The first kappa shape index (κ1) is 17.9. The normalized spacial score (nSPS) is 23.5. The molecule has 2 aromatic carbocycles. The highest BCUT2D eigenvalue weighted by Gasteiger charge is 2.52. The van der Waals surface area contributed by atoms with Crippen molar-refractivity contribution in [2.45, 2.75) is 19.0 Å². The van der Waals surface area contributed by atoms with Gasteiger partial charge in [-0.05, 0) is 49.0 Å². The lowest BCUT2D eigenvalue weighted by Gasteiger charge is -2.26. The average molecular weight is 403 g/mol. The molecule has 0 spiro atoms. The van der Waals surface area contributed by atoms with Gasteiger partial charge in [0.25, 0.3) is 5.69 Å². The van der Waals surface area contributed by atoms with Crippen molar-refractivity contribution in [1.29, 1.82) is 0 Å². The minimum atomic E-state index is -3.19. The SMILES string of the molecule is Cc1cccc(N2C(=S)N(c3ccc([N+](=O)[O-])cc3)[C@@H]3CS(=O)(=O)C[C@@H]32)c1. The van der Waals surface area contributed by atoms with Crippen LogP contribution < -0.4 is 9.80 Å². The lowest BCUT2D eigenvalue weighted by atomic mass is 10.1. The van der Waals surface area contributed by atoms with Crippen LogP contribution in [0.25, 0.3) is 0 Å². The molecule has 0 saturated carbocycles.